The van der Waals surface area contributed by atoms with Gasteiger partial charge in [0.1, 0.15) is 17.6 Å². The van der Waals surface area contributed by atoms with Crippen LogP contribution in [0, 0.1) is 17.6 Å². The molecular formula is C14H16F2O3. The lowest BCUT2D eigenvalue weighted by Gasteiger charge is -2.12. The van der Waals surface area contributed by atoms with Crippen molar-refractivity contribution >= 4 is 11.8 Å². The van der Waals surface area contributed by atoms with Crippen molar-refractivity contribution in [2.24, 2.45) is 5.92 Å². The molecule has 0 spiro atoms. The lowest BCUT2D eigenvalue weighted by molar-refractivity contribution is -0.151. The van der Waals surface area contributed by atoms with Crippen LogP contribution in [0.4, 0.5) is 8.78 Å². The summed E-state index contributed by atoms with van der Waals surface area (Å²) in [5, 5.41) is 0. The number of hydrogen-bond donors (Lipinski definition) is 0. The number of rotatable bonds is 6. The number of carbonyl (C=O) groups is 2. The Bertz CT molecular complexity index is 472. The third kappa shape index (κ3) is 4.12. The van der Waals surface area contributed by atoms with Gasteiger partial charge < -0.3 is 4.74 Å². The zero-order valence-corrected chi connectivity index (χ0v) is 10.9. The summed E-state index contributed by atoms with van der Waals surface area (Å²) in [5.41, 5.74) is 0.0779. The Hall–Kier alpha value is -1.78. The second-order valence-corrected chi connectivity index (χ2v) is 4.09. The van der Waals surface area contributed by atoms with E-state index in [1.807, 2.05) is 0 Å². The molecule has 0 heterocycles. The number of hydrogen-bond acceptors (Lipinski definition) is 3. The largest absolute Gasteiger partial charge is 0.465 e. The lowest BCUT2D eigenvalue weighted by atomic mass is 9.95. The average Bonchev–Trinajstić information content (AvgIpc) is 2.34. The molecule has 0 fully saturated rings. The van der Waals surface area contributed by atoms with Crippen LogP contribution in [0.5, 0.6) is 0 Å². The number of ether oxygens (including phenoxy) is 1. The summed E-state index contributed by atoms with van der Waals surface area (Å²) in [7, 11) is 0. The zero-order valence-electron chi connectivity index (χ0n) is 10.9. The second kappa shape index (κ2) is 6.97. The van der Waals surface area contributed by atoms with Gasteiger partial charge in [0.05, 0.1) is 6.61 Å². The number of benzene rings is 1. The molecule has 1 rings (SSSR count). The molecule has 104 valence electrons. The molecule has 5 heteroatoms. The van der Waals surface area contributed by atoms with Gasteiger partial charge in [-0.1, -0.05) is 13.0 Å². The van der Waals surface area contributed by atoms with Crippen molar-refractivity contribution in [2.75, 3.05) is 6.61 Å². The van der Waals surface area contributed by atoms with Crippen LogP contribution in [-0.4, -0.2) is 18.4 Å². The normalized spacial score (nSPS) is 12.0. The summed E-state index contributed by atoms with van der Waals surface area (Å²) >= 11 is 0. The minimum atomic E-state index is -0.899. The Kier molecular flexibility index (Phi) is 5.60. The number of esters is 1. The maximum Gasteiger partial charge on any atom is 0.316 e. The Morgan fingerprint density at radius 3 is 2.47 bits per heavy atom. The van der Waals surface area contributed by atoms with E-state index in [-0.39, 0.29) is 18.6 Å². The molecule has 0 aromatic heterocycles. The fourth-order valence-corrected chi connectivity index (χ4v) is 1.74. The molecule has 1 aromatic carbocycles. The van der Waals surface area contributed by atoms with E-state index in [1.165, 1.54) is 6.07 Å². The molecule has 3 nitrogen and oxygen atoms in total. The first-order valence-electron chi connectivity index (χ1n) is 6.12. The third-order valence-corrected chi connectivity index (χ3v) is 2.75. The quantitative estimate of drug-likeness (QED) is 0.589. The Balaban J connectivity index is 2.79. The van der Waals surface area contributed by atoms with E-state index >= 15 is 0 Å². The van der Waals surface area contributed by atoms with Crippen molar-refractivity contribution in [3.63, 3.8) is 0 Å². The Labute approximate surface area is 110 Å². The molecule has 1 unspecified atom stereocenters. The highest BCUT2D eigenvalue weighted by Crippen LogP contribution is 2.15. The summed E-state index contributed by atoms with van der Waals surface area (Å²) < 4.78 is 30.9. The molecule has 0 aliphatic heterocycles. The summed E-state index contributed by atoms with van der Waals surface area (Å²) in [6.07, 6.45) is 0.0456. The molecule has 0 aliphatic carbocycles. The molecule has 1 aromatic rings. The maximum absolute atomic E-state index is 13.4. The van der Waals surface area contributed by atoms with Crippen LogP contribution in [-0.2, 0) is 20.7 Å². The van der Waals surface area contributed by atoms with Gasteiger partial charge in [0, 0.05) is 12.5 Å². The van der Waals surface area contributed by atoms with Crippen molar-refractivity contribution in [3.8, 4) is 0 Å². The average molecular weight is 270 g/mol. The van der Waals surface area contributed by atoms with Gasteiger partial charge in [0.25, 0.3) is 0 Å². The molecular weight excluding hydrogens is 254 g/mol. The highest BCUT2D eigenvalue weighted by molar-refractivity contribution is 5.99. The highest BCUT2D eigenvalue weighted by Gasteiger charge is 2.26. The van der Waals surface area contributed by atoms with E-state index in [0.29, 0.717) is 12.5 Å². The fraction of sp³-hybridized carbons (Fsp3) is 0.429. The predicted octanol–water partition coefficient (Wildman–Crippen LogP) is 2.67. The molecule has 0 N–H and O–H groups in total. The van der Waals surface area contributed by atoms with Crippen molar-refractivity contribution < 1.29 is 23.1 Å². The van der Waals surface area contributed by atoms with Gasteiger partial charge in [-0.3, -0.25) is 9.59 Å². The highest BCUT2D eigenvalue weighted by atomic mass is 19.1. The van der Waals surface area contributed by atoms with Crippen LogP contribution in [0.1, 0.15) is 25.8 Å². The lowest BCUT2D eigenvalue weighted by Crippen LogP contribution is -2.27. The minimum absolute atomic E-state index is 0.0779. The number of Topliss-reactive ketones (excluding diaryl/α,β-unsaturated/α-hetero) is 1. The first-order chi connectivity index (χ1) is 8.99. The summed E-state index contributed by atoms with van der Waals surface area (Å²) in [4.78, 5) is 23.5. The van der Waals surface area contributed by atoms with Gasteiger partial charge >= 0.3 is 5.97 Å². The number of halogens is 2. The van der Waals surface area contributed by atoms with E-state index < -0.39 is 29.3 Å². The van der Waals surface area contributed by atoms with Crippen molar-refractivity contribution in [2.45, 2.75) is 26.7 Å². The Morgan fingerprint density at radius 1 is 1.26 bits per heavy atom. The van der Waals surface area contributed by atoms with Crippen molar-refractivity contribution in [1.29, 1.82) is 0 Å². The first-order valence-corrected chi connectivity index (χ1v) is 6.12. The van der Waals surface area contributed by atoms with E-state index in [9.17, 15) is 18.4 Å². The van der Waals surface area contributed by atoms with E-state index in [1.54, 1.807) is 13.8 Å². The monoisotopic (exact) mass is 270 g/mol. The van der Waals surface area contributed by atoms with Crippen LogP contribution < -0.4 is 0 Å². The van der Waals surface area contributed by atoms with Gasteiger partial charge in [0.2, 0.25) is 0 Å². The van der Waals surface area contributed by atoms with Gasteiger partial charge in [0.15, 0.2) is 5.78 Å². The second-order valence-electron chi connectivity index (χ2n) is 4.09. The van der Waals surface area contributed by atoms with Crippen LogP contribution in [0.25, 0.3) is 0 Å². The van der Waals surface area contributed by atoms with Gasteiger partial charge in [-0.05, 0) is 25.0 Å². The SMILES string of the molecule is CCOC(=O)C(CC)C(=O)Cc1ccc(F)cc1F. The van der Waals surface area contributed by atoms with Gasteiger partial charge in [-0.15, -0.1) is 0 Å². The van der Waals surface area contributed by atoms with E-state index in [2.05, 4.69) is 0 Å². The summed E-state index contributed by atoms with van der Waals surface area (Å²) in [5.74, 6) is -3.41. The van der Waals surface area contributed by atoms with Crippen LogP contribution in [0.3, 0.4) is 0 Å². The molecule has 0 bridgehead atoms. The molecule has 0 radical (unpaired) electrons. The molecule has 0 saturated carbocycles. The summed E-state index contributed by atoms with van der Waals surface area (Å²) in [6, 6.07) is 3.01. The molecule has 1 atom stereocenters. The molecule has 0 saturated heterocycles. The molecule has 0 amide bonds. The maximum atomic E-state index is 13.4. The topological polar surface area (TPSA) is 43.4 Å². The zero-order chi connectivity index (χ0) is 14.4. The van der Waals surface area contributed by atoms with Crippen LogP contribution >= 0.6 is 0 Å². The molecule has 0 aliphatic rings. The van der Waals surface area contributed by atoms with Crippen LogP contribution in [0.15, 0.2) is 18.2 Å². The van der Waals surface area contributed by atoms with Crippen LogP contribution in [0.2, 0.25) is 0 Å². The van der Waals surface area contributed by atoms with Gasteiger partial charge in [-0.25, -0.2) is 8.78 Å². The van der Waals surface area contributed by atoms with Crippen molar-refractivity contribution in [1.82, 2.24) is 0 Å². The number of carbonyl (C=O) groups excluding carboxylic acids is 2. The van der Waals surface area contributed by atoms with Crippen molar-refractivity contribution in [3.05, 3.63) is 35.4 Å². The van der Waals surface area contributed by atoms with E-state index in [0.717, 1.165) is 6.07 Å². The van der Waals surface area contributed by atoms with Gasteiger partial charge in [-0.2, -0.15) is 0 Å². The fourth-order valence-electron chi connectivity index (χ4n) is 1.74. The predicted molar refractivity (Wildman–Crippen MR) is 65.5 cm³/mol. The summed E-state index contributed by atoms with van der Waals surface area (Å²) in [6.45, 7) is 3.52. The Morgan fingerprint density at radius 2 is 1.95 bits per heavy atom. The molecule has 19 heavy (non-hydrogen) atoms. The number of ketones is 1. The standard InChI is InChI=1S/C14H16F2O3/c1-3-11(14(18)19-4-2)13(17)7-9-5-6-10(15)8-12(9)16/h5-6,8,11H,3-4,7H2,1-2H3. The third-order valence-electron chi connectivity index (χ3n) is 2.75. The minimum Gasteiger partial charge on any atom is -0.465 e. The smallest absolute Gasteiger partial charge is 0.316 e. The first kappa shape index (κ1) is 15.3. The van der Waals surface area contributed by atoms with E-state index in [4.69, 9.17) is 4.74 Å².